The van der Waals surface area contributed by atoms with Gasteiger partial charge in [-0.3, -0.25) is 0 Å². The van der Waals surface area contributed by atoms with Gasteiger partial charge in [0.1, 0.15) is 0 Å². The van der Waals surface area contributed by atoms with Crippen LogP contribution in [0, 0.1) is 53.2 Å². The zero-order valence-electron chi connectivity index (χ0n) is 6.00. The zero-order chi connectivity index (χ0) is 7.98. The van der Waals surface area contributed by atoms with Crippen LogP contribution in [-0.2, 0) is 0.995 Å². The Morgan fingerprint density at radius 3 is 1.90 bits per heavy atom. The molecule has 0 aliphatic heterocycles. The van der Waals surface area contributed by atoms with Gasteiger partial charge in [-0.15, -0.1) is 12.1 Å². The van der Waals surface area contributed by atoms with Crippen LogP contribution in [0.3, 0.4) is 0 Å². The van der Waals surface area contributed by atoms with Crippen LogP contribution in [0.25, 0.3) is 0 Å². The molecule has 0 atom stereocenters. The maximum absolute atomic E-state index is 8.42. The molecule has 1 nitrogen and oxygen atoms in total. The molecule has 0 unspecified atom stereocenters. The second-order valence-corrected chi connectivity index (χ2v) is 1.99. The minimum absolute atomic E-state index is 0.0833. The van der Waals surface area contributed by atoms with Gasteiger partial charge in [0, 0.05) is 0 Å². The Kier molecular flexibility index (Phi) is 6.15. The molecule has 0 aromatic heterocycles. The predicted molar refractivity (Wildman–Crippen MR) is 36.3 cm³/mol. The van der Waals surface area contributed by atoms with Crippen LogP contribution in [0.1, 0.15) is 11.1 Å². The van der Waals surface area contributed by atoms with Gasteiger partial charge in [0.2, 0.25) is 0 Å². The van der Waals surface area contributed by atoms with E-state index in [9.17, 15) is 0 Å². The van der Waals surface area contributed by atoms with E-state index in [0.717, 1.165) is 5.56 Å². The first kappa shape index (κ1) is 10.3. The van der Waals surface area contributed by atoms with E-state index in [1.807, 2.05) is 12.1 Å². The van der Waals surface area contributed by atoms with Crippen molar-refractivity contribution in [3.05, 3.63) is 42.3 Å². The molecule has 0 aliphatic carbocycles. The molecular weight excluding hydrogens is 253 g/mol. The number of rotatable bonds is 0. The SMILES string of the molecule is [CH2-]c1ccc(C)cc1.[O]=[Pr+]. The Labute approximate surface area is 88.7 Å². The van der Waals surface area contributed by atoms with Gasteiger partial charge in [-0.2, -0.15) is 24.6 Å². The molecule has 0 radical (unpaired) electrons. The number of hydrogen-bond donors (Lipinski definition) is 0. The zero-order valence-corrected chi connectivity index (χ0v) is 9.71. The molecule has 2 heteroatoms. The third kappa shape index (κ3) is 4.13. The number of benzene rings is 1. The topological polar surface area (TPSA) is 17.1 Å². The normalized spacial score (nSPS) is 7.90. The van der Waals surface area contributed by atoms with Crippen LogP contribution in [0.4, 0.5) is 0 Å². The van der Waals surface area contributed by atoms with Crippen LogP contribution in [0.5, 0.6) is 0 Å². The van der Waals surface area contributed by atoms with Gasteiger partial charge in [-0.25, -0.2) is 0 Å². The van der Waals surface area contributed by atoms with E-state index in [1.54, 1.807) is 0 Å². The summed E-state index contributed by atoms with van der Waals surface area (Å²) in [6.07, 6.45) is 0. The fraction of sp³-hybridized carbons (Fsp3) is 0.125. The molecule has 0 saturated carbocycles. The van der Waals surface area contributed by atoms with Gasteiger partial charge in [-0.05, 0) is 6.92 Å². The van der Waals surface area contributed by atoms with Gasteiger partial charge < -0.3 is 0 Å². The van der Waals surface area contributed by atoms with Crippen molar-refractivity contribution in [1.82, 2.24) is 0 Å². The second kappa shape index (κ2) is 6.00. The molecule has 0 saturated heterocycles. The van der Waals surface area contributed by atoms with Gasteiger partial charge in [-0.1, -0.05) is 5.56 Å². The van der Waals surface area contributed by atoms with E-state index >= 15 is 0 Å². The Hall–Kier alpha value is 0.254. The maximum atomic E-state index is 8.42. The molecule has 10 heavy (non-hydrogen) atoms. The van der Waals surface area contributed by atoms with E-state index in [1.165, 1.54) is 5.56 Å². The minimum atomic E-state index is -0.0833. The summed E-state index contributed by atoms with van der Waals surface area (Å²) in [7, 11) is 0. The second-order valence-electron chi connectivity index (χ2n) is 1.99. The summed E-state index contributed by atoms with van der Waals surface area (Å²) in [5, 5.41) is 0. The first-order valence-electron chi connectivity index (χ1n) is 2.91. The van der Waals surface area contributed by atoms with E-state index in [0.29, 0.717) is 0 Å². The molecule has 1 aromatic rings. The van der Waals surface area contributed by atoms with E-state index < -0.39 is 0 Å². The molecule has 0 heterocycles. The van der Waals surface area contributed by atoms with Crippen LogP contribution in [-0.4, -0.2) is 0 Å². The molecule has 0 fully saturated rings. The molecule has 0 aliphatic rings. The summed E-state index contributed by atoms with van der Waals surface area (Å²) < 4.78 is 8.42. The van der Waals surface area contributed by atoms with Gasteiger partial charge in [0.05, 0.1) is 0 Å². The van der Waals surface area contributed by atoms with Crippen molar-refractivity contribution in [2.24, 2.45) is 0 Å². The first-order chi connectivity index (χ1) is 4.79. The van der Waals surface area contributed by atoms with Crippen LogP contribution in [0.15, 0.2) is 24.3 Å². The fourth-order valence-electron chi connectivity index (χ4n) is 0.588. The summed E-state index contributed by atoms with van der Waals surface area (Å²) in [4.78, 5) is 0. The molecule has 0 spiro atoms. The standard InChI is InChI=1S/C8H9.O.Pr/c1-7-3-5-8(2)6-4-7;;/h3-6H,1H2,2H3;;/q-1;;+1. The predicted octanol–water partition coefficient (Wildman–Crippen LogP) is 2.06. The summed E-state index contributed by atoms with van der Waals surface area (Å²) in [5.41, 5.74) is 2.37. The van der Waals surface area contributed by atoms with E-state index in [2.05, 4.69) is 26.0 Å². The molecule has 1 rings (SSSR count). The molecule has 0 amide bonds. The summed E-state index contributed by atoms with van der Waals surface area (Å²) >= 11 is -0.0833. The Balaban J connectivity index is 0.000000371. The molecular formula is C8H9OPr. The van der Waals surface area contributed by atoms with Crippen molar-refractivity contribution in [3.8, 4) is 0 Å². The Morgan fingerprint density at radius 1 is 1.20 bits per heavy atom. The third-order valence-electron chi connectivity index (χ3n) is 1.12. The van der Waals surface area contributed by atoms with Crippen molar-refractivity contribution in [1.29, 1.82) is 0 Å². The van der Waals surface area contributed by atoms with Crippen LogP contribution in [0.2, 0.25) is 0 Å². The monoisotopic (exact) mass is 262 g/mol. The summed E-state index contributed by atoms with van der Waals surface area (Å²) in [5.74, 6) is 0. The molecule has 50 valence electrons. The number of aryl methyl sites for hydroxylation is 1. The average molecular weight is 262 g/mol. The van der Waals surface area contributed by atoms with Gasteiger partial charge >= 0.3 is 40.3 Å². The van der Waals surface area contributed by atoms with Crippen molar-refractivity contribution >= 4 is 0 Å². The van der Waals surface area contributed by atoms with Crippen LogP contribution < -0.4 is 0 Å². The van der Waals surface area contributed by atoms with Crippen molar-refractivity contribution in [2.75, 3.05) is 0 Å². The van der Waals surface area contributed by atoms with Crippen molar-refractivity contribution < 1.29 is 40.3 Å². The first-order valence-corrected chi connectivity index (χ1v) is 4.42. The molecule has 0 bridgehead atoms. The molecule has 1 aromatic carbocycles. The van der Waals surface area contributed by atoms with E-state index in [4.69, 9.17) is 0.995 Å². The van der Waals surface area contributed by atoms with Crippen LogP contribution >= 0.6 is 0 Å². The van der Waals surface area contributed by atoms with Crippen molar-refractivity contribution in [3.63, 3.8) is 0 Å². The van der Waals surface area contributed by atoms with E-state index in [-0.39, 0.29) is 39.3 Å². The Morgan fingerprint density at radius 2 is 1.60 bits per heavy atom. The summed E-state index contributed by atoms with van der Waals surface area (Å²) in [6.45, 7) is 5.83. The van der Waals surface area contributed by atoms with Gasteiger partial charge in [0.15, 0.2) is 0 Å². The van der Waals surface area contributed by atoms with Crippen molar-refractivity contribution in [2.45, 2.75) is 6.92 Å². The fourth-order valence-corrected chi connectivity index (χ4v) is 0.588. The quantitative estimate of drug-likeness (QED) is 0.654. The summed E-state index contributed by atoms with van der Waals surface area (Å²) in [6, 6.07) is 8.13. The average Bonchev–Trinajstić information content (AvgIpc) is 2.00. The number of hydrogen-bond acceptors (Lipinski definition) is 1. The Bertz CT molecular complexity index is 160. The van der Waals surface area contributed by atoms with Gasteiger partial charge in [0.25, 0.3) is 0 Å². The third-order valence-corrected chi connectivity index (χ3v) is 1.12. The molecule has 0 N–H and O–H groups in total.